The Morgan fingerprint density at radius 2 is 1.43 bits per heavy atom. The fourth-order valence-electron chi connectivity index (χ4n) is 3.09. The first-order valence-electron chi connectivity index (χ1n) is 9.21. The topological polar surface area (TPSA) is 88.4 Å². The van der Waals surface area contributed by atoms with Gasteiger partial charge >= 0.3 is 0 Å². The van der Waals surface area contributed by atoms with Gasteiger partial charge in [0.05, 0.1) is 37.6 Å². The highest BCUT2D eigenvalue weighted by Crippen LogP contribution is 2.27. The molecule has 0 spiro atoms. The SMILES string of the molecule is COc1ccc(C(NS(=O)(=O)Cc2cccc(C#N)c2)c2ccc(OC)cc2)cc1. The second-order valence-electron chi connectivity index (χ2n) is 6.67. The van der Waals surface area contributed by atoms with E-state index in [1.54, 1.807) is 62.8 Å². The normalized spacial score (nSPS) is 11.1. The Balaban J connectivity index is 1.92. The van der Waals surface area contributed by atoms with Gasteiger partial charge in [-0.2, -0.15) is 5.26 Å². The third-order valence-corrected chi connectivity index (χ3v) is 5.92. The van der Waals surface area contributed by atoms with Gasteiger partial charge in [-0.1, -0.05) is 36.4 Å². The van der Waals surface area contributed by atoms with Crippen LogP contribution in [0.4, 0.5) is 0 Å². The molecule has 3 rings (SSSR count). The molecule has 0 radical (unpaired) electrons. The Morgan fingerprint density at radius 3 is 1.90 bits per heavy atom. The van der Waals surface area contributed by atoms with Gasteiger partial charge < -0.3 is 9.47 Å². The molecule has 0 unspecified atom stereocenters. The van der Waals surface area contributed by atoms with E-state index in [0.717, 1.165) is 11.1 Å². The van der Waals surface area contributed by atoms with Crippen LogP contribution in [-0.2, 0) is 15.8 Å². The first-order valence-corrected chi connectivity index (χ1v) is 10.9. The number of benzene rings is 3. The molecule has 1 N–H and O–H groups in total. The van der Waals surface area contributed by atoms with E-state index in [9.17, 15) is 8.42 Å². The lowest BCUT2D eigenvalue weighted by molar-refractivity contribution is 0.414. The smallest absolute Gasteiger partial charge is 0.216 e. The number of nitrogens with one attached hydrogen (secondary N) is 1. The van der Waals surface area contributed by atoms with Crippen molar-refractivity contribution in [3.05, 3.63) is 95.1 Å². The molecule has 0 aromatic heterocycles. The summed E-state index contributed by atoms with van der Waals surface area (Å²) in [6.45, 7) is 0. The van der Waals surface area contributed by atoms with Crippen LogP contribution in [0.15, 0.2) is 72.8 Å². The zero-order chi connectivity index (χ0) is 21.6. The minimum Gasteiger partial charge on any atom is -0.497 e. The molecule has 7 heteroatoms. The maximum Gasteiger partial charge on any atom is 0.216 e. The lowest BCUT2D eigenvalue weighted by Crippen LogP contribution is -2.30. The van der Waals surface area contributed by atoms with Crippen molar-refractivity contribution in [3.63, 3.8) is 0 Å². The van der Waals surface area contributed by atoms with Crippen LogP contribution >= 0.6 is 0 Å². The van der Waals surface area contributed by atoms with E-state index in [0.29, 0.717) is 22.6 Å². The summed E-state index contributed by atoms with van der Waals surface area (Å²) in [5, 5.41) is 9.05. The Hall–Kier alpha value is -3.34. The van der Waals surface area contributed by atoms with E-state index < -0.39 is 16.1 Å². The lowest BCUT2D eigenvalue weighted by Gasteiger charge is -2.20. The molecule has 0 bridgehead atoms. The van der Waals surface area contributed by atoms with Gasteiger partial charge in [0.15, 0.2) is 0 Å². The van der Waals surface area contributed by atoms with Crippen molar-refractivity contribution < 1.29 is 17.9 Å². The average molecular weight is 423 g/mol. The summed E-state index contributed by atoms with van der Waals surface area (Å²) in [5.41, 5.74) is 2.51. The van der Waals surface area contributed by atoms with Crippen LogP contribution < -0.4 is 14.2 Å². The van der Waals surface area contributed by atoms with E-state index in [1.807, 2.05) is 30.3 Å². The number of nitrogens with zero attached hydrogens (tertiary/aromatic N) is 1. The molecule has 0 aliphatic carbocycles. The van der Waals surface area contributed by atoms with Gasteiger partial charge in [0.1, 0.15) is 11.5 Å². The molecule has 154 valence electrons. The van der Waals surface area contributed by atoms with Crippen LogP contribution in [0.5, 0.6) is 11.5 Å². The number of nitriles is 1. The molecule has 6 nitrogen and oxygen atoms in total. The Morgan fingerprint density at radius 1 is 0.900 bits per heavy atom. The van der Waals surface area contributed by atoms with Crippen molar-refractivity contribution in [3.8, 4) is 17.6 Å². The van der Waals surface area contributed by atoms with E-state index in [4.69, 9.17) is 14.7 Å². The maximum absolute atomic E-state index is 13.0. The summed E-state index contributed by atoms with van der Waals surface area (Å²) in [4.78, 5) is 0. The van der Waals surface area contributed by atoms with Crippen LogP contribution in [0.3, 0.4) is 0 Å². The number of sulfonamides is 1. The predicted molar refractivity (Wildman–Crippen MR) is 115 cm³/mol. The second kappa shape index (κ2) is 9.44. The summed E-state index contributed by atoms with van der Waals surface area (Å²) in [5.74, 6) is 1.14. The first kappa shape index (κ1) is 21.4. The third-order valence-electron chi connectivity index (χ3n) is 4.61. The predicted octanol–water partition coefficient (Wildman–Crippen LogP) is 3.78. The fourth-order valence-corrected chi connectivity index (χ4v) is 4.43. The van der Waals surface area contributed by atoms with Crippen LogP contribution in [0, 0.1) is 11.3 Å². The molecule has 0 fully saturated rings. The molecule has 0 atom stereocenters. The Kier molecular flexibility index (Phi) is 6.72. The van der Waals surface area contributed by atoms with Gasteiger partial charge in [-0.3, -0.25) is 0 Å². The van der Waals surface area contributed by atoms with Crippen molar-refractivity contribution in [1.82, 2.24) is 4.72 Å². The van der Waals surface area contributed by atoms with Crippen LogP contribution in [-0.4, -0.2) is 22.6 Å². The van der Waals surface area contributed by atoms with Crippen molar-refractivity contribution >= 4 is 10.0 Å². The number of methoxy groups -OCH3 is 2. The van der Waals surface area contributed by atoms with E-state index >= 15 is 0 Å². The lowest BCUT2D eigenvalue weighted by atomic mass is 9.99. The summed E-state index contributed by atoms with van der Waals surface area (Å²) in [6.07, 6.45) is 0. The highest BCUT2D eigenvalue weighted by Gasteiger charge is 2.22. The van der Waals surface area contributed by atoms with E-state index in [-0.39, 0.29) is 5.75 Å². The van der Waals surface area contributed by atoms with Crippen molar-refractivity contribution in [2.45, 2.75) is 11.8 Å². The number of hydrogen-bond acceptors (Lipinski definition) is 5. The van der Waals surface area contributed by atoms with Gasteiger partial charge in [-0.05, 0) is 53.1 Å². The molecule has 0 saturated heterocycles. The van der Waals surface area contributed by atoms with Crippen LogP contribution in [0.1, 0.15) is 28.3 Å². The summed E-state index contributed by atoms with van der Waals surface area (Å²) in [7, 11) is -0.554. The standard InChI is InChI=1S/C23H22N2O4S/c1-28-21-10-6-19(7-11-21)23(20-8-12-22(29-2)13-9-20)25-30(26,27)16-18-5-3-4-17(14-18)15-24/h3-14,23,25H,16H2,1-2H3. The maximum atomic E-state index is 13.0. The highest BCUT2D eigenvalue weighted by atomic mass is 32.2. The fraction of sp³-hybridized carbons (Fsp3) is 0.174. The Labute approximate surface area is 176 Å². The molecule has 30 heavy (non-hydrogen) atoms. The van der Waals surface area contributed by atoms with E-state index in [1.165, 1.54) is 0 Å². The molecule has 3 aromatic rings. The molecule has 0 amide bonds. The minimum absolute atomic E-state index is 0.231. The molecular formula is C23H22N2O4S. The zero-order valence-corrected chi connectivity index (χ0v) is 17.5. The number of rotatable bonds is 8. The number of hydrogen-bond donors (Lipinski definition) is 1. The molecule has 0 heterocycles. The van der Waals surface area contributed by atoms with Gasteiger partial charge in [-0.15, -0.1) is 0 Å². The van der Waals surface area contributed by atoms with E-state index in [2.05, 4.69) is 4.72 Å². The van der Waals surface area contributed by atoms with Gasteiger partial charge in [0.2, 0.25) is 10.0 Å². The third kappa shape index (κ3) is 5.38. The highest BCUT2D eigenvalue weighted by molar-refractivity contribution is 7.88. The average Bonchev–Trinajstić information content (AvgIpc) is 2.77. The largest absolute Gasteiger partial charge is 0.497 e. The van der Waals surface area contributed by atoms with Gasteiger partial charge in [-0.25, -0.2) is 13.1 Å². The minimum atomic E-state index is -3.71. The van der Waals surface area contributed by atoms with Crippen LogP contribution in [0.25, 0.3) is 0 Å². The summed E-state index contributed by atoms with van der Waals surface area (Å²) >= 11 is 0. The first-order chi connectivity index (χ1) is 14.4. The second-order valence-corrected chi connectivity index (χ2v) is 8.42. The Bertz CT molecular complexity index is 1090. The molecule has 0 saturated carbocycles. The van der Waals surface area contributed by atoms with Crippen molar-refractivity contribution in [2.75, 3.05) is 14.2 Å². The zero-order valence-electron chi connectivity index (χ0n) is 16.7. The van der Waals surface area contributed by atoms with Crippen LogP contribution in [0.2, 0.25) is 0 Å². The van der Waals surface area contributed by atoms with Crippen molar-refractivity contribution in [1.29, 1.82) is 5.26 Å². The molecule has 0 aliphatic heterocycles. The summed E-state index contributed by atoms with van der Waals surface area (Å²) in [6, 6.07) is 22.5. The van der Waals surface area contributed by atoms with Crippen molar-refractivity contribution in [2.24, 2.45) is 0 Å². The number of ether oxygens (including phenoxy) is 2. The molecular weight excluding hydrogens is 400 g/mol. The quantitative estimate of drug-likeness (QED) is 0.597. The molecule has 0 aliphatic rings. The van der Waals surface area contributed by atoms with Gasteiger partial charge in [0, 0.05) is 0 Å². The monoisotopic (exact) mass is 422 g/mol. The molecule has 3 aromatic carbocycles. The van der Waals surface area contributed by atoms with Gasteiger partial charge in [0.25, 0.3) is 0 Å². The summed E-state index contributed by atoms with van der Waals surface area (Å²) < 4.78 is 39.1.